The van der Waals surface area contributed by atoms with Crippen LogP contribution in [0.4, 0.5) is 0 Å². The van der Waals surface area contributed by atoms with Gasteiger partial charge in [0.05, 0.1) is 0 Å². The van der Waals surface area contributed by atoms with Crippen molar-refractivity contribution >= 4 is 11.8 Å². The molecule has 0 aliphatic heterocycles. The summed E-state index contributed by atoms with van der Waals surface area (Å²) < 4.78 is 0. The number of fused-ring (bicyclic) bond motifs is 1. The summed E-state index contributed by atoms with van der Waals surface area (Å²) in [6, 6.07) is 7.16. The van der Waals surface area contributed by atoms with Gasteiger partial charge in [-0.05, 0) is 24.8 Å². The maximum Gasteiger partial charge on any atom is 0.321 e. The van der Waals surface area contributed by atoms with Crippen LogP contribution in [0.5, 0.6) is 0 Å². The van der Waals surface area contributed by atoms with Crippen LogP contribution in [0.1, 0.15) is 35.7 Å². The van der Waals surface area contributed by atoms with E-state index >= 15 is 0 Å². The van der Waals surface area contributed by atoms with Crippen LogP contribution in [0.15, 0.2) is 24.3 Å². The van der Waals surface area contributed by atoms with Gasteiger partial charge in [-0.2, -0.15) is 0 Å². The van der Waals surface area contributed by atoms with Crippen molar-refractivity contribution < 1.29 is 14.4 Å². The van der Waals surface area contributed by atoms with Gasteiger partial charge in [0.2, 0.25) is 0 Å². The van der Waals surface area contributed by atoms with Gasteiger partial charge in [0.1, 0.15) is 6.04 Å². The van der Waals surface area contributed by atoms with Crippen LogP contribution < -0.4 is 5.48 Å². The number of ketones is 1. The lowest BCUT2D eigenvalue weighted by molar-refractivity contribution is -0.149. The van der Waals surface area contributed by atoms with Crippen LogP contribution in [0.2, 0.25) is 0 Å². The summed E-state index contributed by atoms with van der Waals surface area (Å²) in [5.74, 6) is -0.435. The van der Waals surface area contributed by atoms with Crippen LogP contribution in [-0.2, 0) is 16.1 Å². The molecular formula is C13H15NO3. The number of nitrogens with one attached hydrogen (secondary N) is 1. The molecular weight excluding hydrogens is 218 g/mol. The highest BCUT2D eigenvalue weighted by atomic mass is 16.7. The first kappa shape index (κ1) is 11.8. The zero-order chi connectivity index (χ0) is 12.3. The Labute approximate surface area is 99.9 Å². The Morgan fingerprint density at radius 3 is 2.94 bits per heavy atom. The zero-order valence-electron chi connectivity index (χ0n) is 9.73. The number of rotatable bonds is 2. The molecule has 1 N–H and O–H groups in total. The number of hydrogen-bond donors (Lipinski definition) is 1. The summed E-state index contributed by atoms with van der Waals surface area (Å²) in [5, 5.41) is 0. The minimum Gasteiger partial charge on any atom is -0.370 e. The Kier molecular flexibility index (Phi) is 3.54. The predicted octanol–water partition coefficient (Wildman–Crippen LogP) is 1.64. The maximum atomic E-state index is 12.2. The molecule has 0 aromatic heterocycles. The number of hydrogen-bond acceptors (Lipinski definition) is 4. The Hall–Kier alpha value is -1.68. The summed E-state index contributed by atoms with van der Waals surface area (Å²) in [6.07, 6.45) is 2.47. The van der Waals surface area contributed by atoms with E-state index in [1.54, 1.807) is 0 Å². The molecule has 1 aliphatic rings. The van der Waals surface area contributed by atoms with Crippen molar-refractivity contribution in [3.05, 3.63) is 35.4 Å². The van der Waals surface area contributed by atoms with Crippen molar-refractivity contribution in [2.75, 3.05) is 0 Å². The van der Waals surface area contributed by atoms with Crippen molar-refractivity contribution in [3.8, 4) is 0 Å². The van der Waals surface area contributed by atoms with Gasteiger partial charge in [0.15, 0.2) is 5.78 Å². The first-order chi connectivity index (χ1) is 8.18. The highest BCUT2D eigenvalue weighted by Crippen LogP contribution is 2.20. The third-order valence-corrected chi connectivity index (χ3v) is 2.88. The molecule has 4 heteroatoms. The van der Waals surface area contributed by atoms with E-state index in [2.05, 4.69) is 5.48 Å². The quantitative estimate of drug-likeness (QED) is 0.623. The van der Waals surface area contributed by atoms with E-state index in [1.165, 1.54) is 6.92 Å². The molecule has 90 valence electrons. The molecule has 1 unspecified atom stereocenters. The fourth-order valence-electron chi connectivity index (χ4n) is 2.06. The molecule has 0 heterocycles. The zero-order valence-corrected chi connectivity index (χ0v) is 9.73. The first-order valence-corrected chi connectivity index (χ1v) is 5.73. The van der Waals surface area contributed by atoms with E-state index in [9.17, 15) is 9.59 Å². The molecule has 17 heavy (non-hydrogen) atoms. The lowest BCUT2D eigenvalue weighted by atomic mass is 10.0. The molecule has 0 saturated carbocycles. The number of carbonyl (C=O) groups excluding carboxylic acids is 2. The Balaban J connectivity index is 2.17. The standard InChI is InChI=1S/C13H15NO3/c1-9(15)17-14-12-8-4-6-10-5-2-3-7-11(10)13(12)16/h2-3,5,7,12,14H,4,6,8H2,1H3. The van der Waals surface area contributed by atoms with Gasteiger partial charge in [0.25, 0.3) is 0 Å². The van der Waals surface area contributed by atoms with E-state index < -0.39 is 12.0 Å². The molecule has 0 saturated heterocycles. The summed E-state index contributed by atoms with van der Waals surface area (Å²) in [5.41, 5.74) is 4.36. The Bertz CT molecular complexity index is 442. The highest BCUT2D eigenvalue weighted by molar-refractivity contribution is 6.01. The monoisotopic (exact) mass is 233 g/mol. The second-order valence-electron chi connectivity index (χ2n) is 4.18. The van der Waals surface area contributed by atoms with E-state index in [1.807, 2.05) is 24.3 Å². The summed E-state index contributed by atoms with van der Waals surface area (Å²) >= 11 is 0. The second kappa shape index (κ2) is 5.10. The van der Waals surface area contributed by atoms with E-state index in [0.29, 0.717) is 6.42 Å². The van der Waals surface area contributed by atoms with Gasteiger partial charge in [-0.3, -0.25) is 9.59 Å². The third-order valence-electron chi connectivity index (χ3n) is 2.88. The number of carbonyl (C=O) groups is 2. The van der Waals surface area contributed by atoms with Crippen LogP contribution in [-0.4, -0.2) is 17.8 Å². The fourth-order valence-corrected chi connectivity index (χ4v) is 2.06. The SMILES string of the molecule is CC(=O)ONC1CCCc2ccccc2C1=O. The van der Waals surface area contributed by atoms with Crippen LogP contribution in [0.25, 0.3) is 0 Å². The molecule has 0 spiro atoms. The molecule has 1 aromatic carbocycles. The molecule has 0 bridgehead atoms. The normalized spacial score (nSPS) is 19.4. The van der Waals surface area contributed by atoms with E-state index in [-0.39, 0.29) is 5.78 Å². The van der Waals surface area contributed by atoms with Crippen molar-refractivity contribution in [3.63, 3.8) is 0 Å². The Morgan fingerprint density at radius 1 is 1.41 bits per heavy atom. The molecule has 0 amide bonds. The summed E-state index contributed by atoms with van der Waals surface area (Å²) in [6.45, 7) is 1.31. The van der Waals surface area contributed by atoms with Gasteiger partial charge in [-0.25, -0.2) is 0 Å². The molecule has 2 rings (SSSR count). The van der Waals surface area contributed by atoms with Gasteiger partial charge in [-0.1, -0.05) is 24.3 Å². The van der Waals surface area contributed by atoms with Gasteiger partial charge in [0, 0.05) is 12.5 Å². The topological polar surface area (TPSA) is 55.4 Å². The molecule has 0 fully saturated rings. The summed E-state index contributed by atoms with van der Waals surface area (Å²) in [4.78, 5) is 27.6. The third kappa shape index (κ3) is 2.71. The Morgan fingerprint density at radius 2 is 2.18 bits per heavy atom. The molecule has 1 atom stereocenters. The first-order valence-electron chi connectivity index (χ1n) is 5.73. The summed E-state index contributed by atoms with van der Waals surface area (Å²) in [7, 11) is 0. The van der Waals surface area contributed by atoms with E-state index in [4.69, 9.17) is 4.84 Å². The molecule has 4 nitrogen and oxygen atoms in total. The van der Waals surface area contributed by atoms with Gasteiger partial charge < -0.3 is 4.84 Å². The minimum atomic E-state index is -0.435. The number of aryl methyl sites for hydroxylation is 1. The van der Waals surface area contributed by atoms with Gasteiger partial charge >= 0.3 is 5.97 Å². The molecule has 1 aliphatic carbocycles. The largest absolute Gasteiger partial charge is 0.370 e. The lowest BCUT2D eigenvalue weighted by Crippen LogP contribution is -2.37. The lowest BCUT2D eigenvalue weighted by Gasteiger charge is -2.14. The predicted molar refractivity (Wildman–Crippen MR) is 62.4 cm³/mol. The average molecular weight is 233 g/mol. The number of benzene rings is 1. The van der Waals surface area contributed by atoms with Crippen molar-refractivity contribution in [2.24, 2.45) is 0 Å². The fraction of sp³-hybridized carbons (Fsp3) is 0.385. The minimum absolute atomic E-state index is 0.000602. The number of hydroxylamine groups is 1. The van der Waals surface area contributed by atoms with E-state index in [0.717, 1.165) is 24.0 Å². The van der Waals surface area contributed by atoms with Gasteiger partial charge in [-0.15, -0.1) is 5.48 Å². The van der Waals surface area contributed by atoms with Crippen LogP contribution >= 0.6 is 0 Å². The van der Waals surface area contributed by atoms with Crippen LogP contribution in [0.3, 0.4) is 0 Å². The van der Waals surface area contributed by atoms with Crippen LogP contribution in [0, 0.1) is 0 Å². The number of Topliss-reactive ketones (excluding diaryl/α,β-unsaturated/α-hetero) is 1. The molecule has 0 radical (unpaired) electrons. The average Bonchev–Trinajstić information content (AvgIpc) is 2.47. The molecule has 1 aromatic rings. The van der Waals surface area contributed by atoms with Crippen molar-refractivity contribution in [1.29, 1.82) is 0 Å². The van der Waals surface area contributed by atoms with Crippen molar-refractivity contribution in [1.82, 2.24) is 5.48 Å². The maximum absolute atomic E-state index is 12.2. The smallest absolute Gasteiger partial charge is 0.321 e. The highest BCUT2D eigenvalue weighted by Gasteiger charge is 2.25. The van der Waals surface area contributed by atoms with Crippen molar-refractivity contribution in [2.45, 2.75) is 32.2 Å². The second-order valence-corrected chi connectivity index (χ2v) is 4.18.